The third-order valence-corrected chi connectivity index (χ3v) is 3.41. The van der Waals surface area contributed by atoms with E-state index in [2.05, 4.69) is 5.32 Å². The summed E-state index contributed by atoms with van der Waals surface area (Å²) in [6, 6.07) is 8.59. The first-order chi connectivity index (χ1) is 8.89. The van der Waals surface area contributed by atoms with Gasteiger partial charge in [0.15, 0.2) is 0 Å². The summed E-state index contributed by atoms with van der Waals surface area (Å²) in [5.41, 5.74) is 4.10. The van der Waals surface area contributed by atoms with Crippen LogP contribution in [0.3, 0.4) is 0 Å². The molecule has 1 atom stereocenters. The number of benzene rings is 1. The Labute approximate surface area is 109 Å². The standard InChI is InChI=1S/C13H15F3N2O/c14-13(15,16)12(6-7-12)18-11(19)10(8-17)9-4-2-1-3-5-9/h1-5,10H,6-8,17H2,(H,18,19). The lowest BCUT2D eigenvalue weighted by Crippen LogP contribution is -2.50. The van der Waals surface area contributed by atoms with Crippen molar-refractivity contribution in [1.29, 1.82) is 0 Å². The van der Waals surface area contributed by atoms with Crippen molar-refractivity contribution in [2.24, 2.45) is 5.73 Å². The fraction of sp³-hybridized carbons (Fsp3) is 0.462. The Morgan fingerprint density at radius 3 is 2.32 bits per heavy atom. The van der Waals surface area contributed by atoms with E-state index in [1.165, 1.54) is 0 Å². The summed E-state index contributed by atoms with van der Waals surface area (Å²) in [5.74, 6) is -1.41. The normalized spacial score (nSPS) is 18.7. The van der Waals surface area contributed by atoms with Crippen LogP contribution in [0.5, 0.6) is 0 Å². The number of halogens is 3. The zero-order valence-electron chi connectivity index (χ0n) is 10.2. The molecule has 1 fully saturated rings. The average Bonchev–Trinajstić information content (AvgIpc) is 3.11. The highest BCUT2D eigenvalue weighted by Gasteiger charge is 2.64. The predicted molar refractivity (Wildman–Crippen MR) is 64.4 cm³/mol. The summed E-state index contributed by atoms with van der Waals surface area (Å²) in [4.78, 5) is 12.0. The Bertz CT molecular complexity index is 455. The van der Waals surface area contributed by atoms with E-state index < -0.39 is 23.5 Å². The van der Waals surface area contributed by atoms with Gasteiger partial charge in [-0.05, 0) is 18.4 Å². The largest absolute Gasteiger partial charge is 0.411 e. The lowest BCUT2D eigenvalue weighted by molar-refractivity contribution is -0.170. The predicted octanol–water partition coefficient (Wildman–Crippen LogP) is 1.94. The second kappa shape index (κ2) is 4.85. The topological polar surface area (TPSA) is 55.1 Å². The second-order valence-corrected chi connectivity index (χ2v) is 4.77. The minimum absolute atomic E-state index is 0.0240. The second-order valence-electron chi connectivity index (χ2n) is 4.77. The molecule has 0 aromatic heterocycles. The highest BCUT2D eigenvalue weighted by molar-refractivity contribution is 5.85. The van der Waals surface area contributed by atoms with Gasteiger partial charge in [0, 0.05) is 6.54 Å². The van der Waals surface area contributed by atoms with Gasteiger partial charge in [0.25, 0.3) is 0 Å². The summed E-state index contributed by atoms with van der Waals surface area (Å²) in [6.07, 6.45) is -4.53. The first-order valence-electron chi connectivity index (χ1n) is 6.03. The van der Waals surface area contributed by atoms with Gasteiger partial charge in [-0.2, -0.15) is 13.2 Å². The molecule has 0 saturated heterocycles. The SMILES string of the molecule is NCC(C(=O)NC1(C(F)(F)F)CC1)c1ccccc1. The third-order valence-electron chi connectivity index (χ3n) is 3.41. The van der Waals surface area contributed by atoms with E-state index >= 15 is 0 Å². The molecule has 19 heavy (non-hydrogen) atoms. The van der Waals surface area contributed by atoms with Crippen LogP contribution in [0.25, 0.3) is 0 Å². The molecule has 0 spiro atoms. The van der Waals surface area contributed by atoms with Gasteiger partial charge in [-0.25, -0.2) is 0 Å². The number of hydrogen-bond acceptors (Lipinski definition) is 2. The van der Waals surface area contributed by atoms with Crippen LogP contribution in [0.1, 0.15) is 24.3 Å². The molecule has 6 heteroatoms. The zero-order chi connectivity index (χ0) is 14.1. The highest BCUT2D eigenvalue weighted by Crippen LogP contribution is 2.49. The Balaban J connectivity index is 2.11. The minimum atomic E-state index is -4.40. The van der Waals surface area contributed by atoms with Gasteiger partial charge >= 0.3 is 6.18 Å². The molecule has 0 heterocycles. The summed E-state index contributed by atoms with van der Waals surface area (Å²) >= 11 is 0. The lowest BCUT2D eigenvalue weighted by Gasteiger charge is -2.24. The van der Waals surface area contributed by atoms with Crippen molar-refractivity contribution < 1.29 is 18.0 Å². The van der Waals surface area contributed by atoms with E-state index in [0.29, 0.717) is 5.56 Å². The van der Waals surface area contributed by atoms with Crippen LogP contribution < -0.4 is 11.1 Å². The van der Waals surface area contributed by atoms with Gasteiger partial charge in [-0.15, -0.1) is 0 Å². The number of carbonyl (C=O) groups is 1. The van der Waals surface area contributed by atoms with E-state index in [4.69, 9.17) is 5.73 Å². The summed E-state index contributed by atoms with van der Waals surface area (Å²) in [6.45, 7) is -0.0240. The maximum Gasteiger partial charge on any atom is 0.411 e. The van der Waals surface area contributed by atoms with Crippen molar-refractivity contribution in [3.63, 3.8) is 0 Å². The molecule has 1 aromatic rings. The number of nitrogens with two attached hydrogens (primary N) is 1. The molecule has 1 unspecified atom stereocenters. The monoisotopic (exact) mass is 272 g/mol. The van der Waals surface area contributed by atoms with E-state index in [-0.39, 0.29) is 19.4 Å². The third kappa shape index (κ3) is 2.73. The summed E-state index contributed by atoms with van der Waals surface area (Å²) in [5, 5.41) is 2.11. The maximum atomic E-state index is 12.8. The van der Waals surface area contributed by atoms with E-state index in [0.717, 1.165) is 0 Å². The number of rotatable bonds is 4. The van der Waals surface area contributed by atoms with Crippen LogP contribution in [0.2, 0.25) is 0 Å². The van der Waals surface area contributed by atoms with Gasteiger partial charge < -0.3 is 11.1 Å². The van der Waals surface area contributed by atoms with Crippen LogP contribution in [-0.4, -0.2) is 24.2 Å². The molecule has 1 saturated carbocycles. The quantitative estimate of drug-likeness (QED) is 0.880. The van der Waals surface area contributed by atoms with Crippen molar-refractivity contribution in [3.8, 4) is 0 Å². The number of carbonyl (C=O) groups excluding carboxylic acids is 1. The average molecular weight is 272 g/mol. The number of amides is 1. The zero-order valence-corrected chi connectivity index (χ0v) is 10.2. The Hall–Kier alpha value is -1.56. The van der Waals surface area contributed by atoms with Crippen LogP contribution in [0.15, 0.2) is 30.3 Å². The van der Waals surface area contributed by atoms with Crippen molar-refractivity contribution in [1.82, 2.24) is 5.32 Å². The number of alkyl halides is 3. The summed E-state index contributed by atoms with van der Waals surface area (Å²) < 4.78 is 38.3. The highest BCUT2D eigenvalue weighted by atomic mass is 19.4. The Kier molecular flexibility index (Phi) is 3.54. The first-order valence-corrected chi connectivity index (χ1v) is 6.03. The van der Waals surface area contributed by atoms with Crippen molar-refractivity contribution in [2.45, 2.75) is 30.5 Å². The van der Waals surface area contributed by atoms with E-state index in [9.17, 15) is 18.0 Å². The molecule has 3 N–H and O–H groups in total. The van der Waals surface area contributed by atoms with Gasteiger partial charge in [0.2, 0.25) is 5.91 Å². The summed E-state index contributed by atoms with van der Waals surface area (Å²) in [7, 11) is 0. The Morgan fingerprint density at radius 2 is 1.89 bits per heavy atom. The molecule has 1 aliphatic rings. The molecular weight excluding hydrogens is 257 g/mol. The molecule has 1 aliphatic carbocycles. The molecule has 3 nitrogen and oxygen atoms in total. The molecule has 104 valence electrons. The number of nitrogens with one attached hydrogen (secondary N) is 1. The molecule has 0 aliphatic heterocycles. The van der Waals surface area contributed by atoms with Crippen LogP contribution in [0.4, 0.5) is 13.2 Å². The molecular formula is C13H15F3N2O. The lowest BCUT2D eigenvalue weighted by atomic mass is 9.98. The van der Waals surface area contributed by atoms with Crippen molar-refractivity contribution in [3.05, 3.63) is 35.9 Å². The van der Waals surface area contributed by atoms with E-state index in [1.54, 1.807) is 30.3 Å². The Morgan fingerprint density at radius 1 is 1.32 bits per heavy atom. The van der Waals surface area contributed by atoms with Crippen molar-refractivity contribution >= 4 is 5.91 Å². The molecule has 1 amide bonds. The fourth-order valence-corrected chi connectivity index (χ4v) is 2.01. The van der Waals surface area contributed by atoms with Crippen LogP contribution >= 0.6 is 0 Å². The fourth-order valence-electron chi connectivity index (χ4n) is 2.01. The smallest absolute Gasteiger partial charge is 0.341 e. The molecule has 0 bridgehead atoms. The van der Waals surface area contributed by atoms with Gasteiger partial charge in [-0.1, -0.05) is 30.3 Å². The molecule has 2 rings (SSSR count). The van der Waals surface area contributed by atoms with Gasteiger partial charge in [-0.3, -0.25) is 4.79 Å². The van der Waals surface area contributed by atoms with E-state index in [1.807, 2.05) is 0 Å². The van der Waals surface area contributed by atoms with Crippen LogP contribution in [-0.2, 0) is 4.79 Å². The number of hydrogen-bond donors (Lipinski definition) is 2. The van der Waals surface area contributed by atoms with Crippen molar-refractivity contribution in [2.75, 3.05) is 6.54 Å². The van der Waals surface area contributed by atoms with Gasteiger partial charge in [0.05, 0.1) is 5.92 Å². The van der Waals surface area contributed by atoms with Crippen LogP contribution in [0, 0.1) is 0 Å². The minimum Gasteiger partial charge on any atom is -0.341 e. The maximum absolute atomic E-state index is 12.8. The van der Waals surface area contributed by atoms with Gasteiger partial charge in [0.1, 0.15) is 5.54 Å². The molecule has 0 radical (unpaired) electrons. The first kappa shape index (κ1) is 13.9. The molecule has 1 aromatic carbocycles.